The number of nitriles is 1. The zero-order valence-electron chi connectivity index (χ0n) is 13.2. The minimum absolute atomic E-state index is 0.547. The van der Waals surface area contributed by atoms with Crippen molar-refractivity contribution in [2.75, 3.05) is 19.5 Å². The van der Waals surface area contributed by atoms with E-state index in [0.717, 1.165) is 16.8 Å². The second kappa shape index (κ2) is 6.81. The van der Waals surface area contributed by atoms with Crippen molar-refractivity contribution in [1.82, 2.24) is 4.98 Å². The summed E-state index contributed by atoms with van der Waals surface area (Å²) in [7, 11) is 3.21. The summed E-state index contributed by atoms with van der Waals surface area (Å²) in [6, 6.07) is 9.81. The number of pyridine rings is 1. The molecule has 1 aromatic carbocycles. The van der Waals surface area contributed by atoms with Gasteiger partial charge in [-0.05, 0) is 43.2 Å². The Balaban J connectivity index is 2.22. The van der Waals surface area contributed by atoms with Gasteiger partial charge in [0.15, 0.2) is 11.5 Å². The van der Waals surface area contributed by atoms with Gasteiger partial charge in [-0.15, -0.1) is 0 Å². The molecule has 114 valence electrons. The van der Waals surface area contributed by atoms with Crippen molar-refractivity contribution in [2.45, 2.75) is 20.4 Å². The Kier molecular flexibility index (Phi) is 4.84. The number of nitrogens with one attached hydrogen (secondary N) is 1. The van der Waals surface area contributed by atoms with Gasteiger partial charge in [-0.1, -0.05) is 6.07 Å². The SMILES string of the molecule is COc1ccc(CNc2nc(C)cc(C)c2C#N)cc1OC. The maximum atomic E-state index is 9.27. The summed E-state index contributed by atoms with van der Waals surface area (Å²) in [5, 5.41) is 12.5. The standard InChI is InChI=1S/C17H19N3O2/c1-11-7-12(2)20-17(14(11)9-18)19-10-13-5-6-15(21-3)16(8-13)22-4/h5-8H,10H2,1-4H3,(H,19,20). The fourth-order valence-corrected chi connectivity index (χ4v) is 2.28. The van der Waals surface area contributed by atoms with Crippen molar-refractivity contribution in [2.24, 2.45) is 0 Å². The van der Waals surface area contributed by atoms with Gasteiger partial charge in [0.05, 0.1) is 19.8 Å². The monoisotopic (exact) mass is 297 g/mol. The number of benzene rings is 1. The van der Waals surface area contributed by atoms with E-state index in [1.54, 1.807) is 14.2 Å². The lowest BCUT2D eigenvalue weighted by atomic mass is 10.1. The van der Waals surface area contributed by atoms with Gasteiger partial charge < -0.3 is 14.8 Å². The first-order valence-electron chi connectivity index (χ1n) is 6.92. The maximum absolute atomic E-state index is 9.27. The molecule has 5 heteroatoms. The highest BCUT2D eigenvalue weighted by Gasteiger charge is 2.09. The first-order valence-corrected chi connectivity index (χ1v) is 6.92. The maximum Gasteiger partial charge on any atom is 0.161 e. The first-order chi connectivity index (χ1) is 10.6. The third kappa shape index (κ3) is 3.29. The van der Waals surface area contributed by atoms with Crippen molar-refractivity contribution < 1.29 is 9.47 Å². The van der Waals surface area contributed by atoms with E-state index in [1.165, 1.54) is 0 Å². The van der Waals surface area contributed by atoms with Crippen LogP contribution in [0.3, 0.4) is 0 Å². The molecule has 0 atom stereocenters. The van der Waals surface area contributed by atoms with Crippen LogP contribution in [-0.4, -0.2) is 19.2 Å². The molecule has 0 unspecified atom stereocenters. The molecule has 2 aromatic rings. The summed E-state index contributed by atoms with van der Waals surface area (Å²) < 4.78 is 10.5. The summed E-state index contributed by atoms with van der Waals surface area (Å²) in [6.45, 7) is 4.37. The number of hydrogen-bond acceptors (Lipinski definition) is 5. The fourth-order valence-electron chi connectivity index (χ4n) is 2.28. The second-order valence-corrected chi connectivity index (χ2v) is 4.96. The summed E-state index contributed by atoms with van der Waals surface area (Å²) in [6.07, 6.45) is 0. The van der Waals surface area contributed by atoms with Crippen LogP contribution < -0.4 is 14.8 Å². The molecule has 1 aromatic heterocycles. The molecule has 22 heavy (non-hydrogen) atoms. The largest absolute Gasteiger partial charge is 0.493 e. The van der Waals surface area contributed by atoms with Crippen LogP contribution >= 0.6 is 0 Å². The molecule has 0 fully saturated rings. The van der Waals surface area contributed by atoms with E-state index in [2.05, 4.69) is 16.4 Å². The second-order valence-electron chi connectivity index (χ2n) is 4.96. The van der Waals surface area contributed by atoms with Crippen LogP contribution in [0.1, 0.15) is 22.4 Å². The van der Waals surface area contributed by atoms with Crippen LogP contribution in [0.25, 0.3) is 0 Å². The normalized spacial score (nSPS) is 9.95. The number of nitrogens with zero attached hydrogens (tertiary/aromatic N) is 2. The van der Waals surface area contributed by atoms with Crippen LogP contribution in [0, 0.1) is 25.2 Å². The van der Waals surface area contributed by atoms with Crippen LogP contribution in [0.2, 0.25) is 0 Å². The highest BCUT2D eigenvalue weighted by molar-refractivity contribution is 5.56. The van der Waals surface area contributed by atoms with Crippen molar-refractivity contribution in [3.63, 3.8) is 0 Å². The zero-order valence-corrected chi connectivity index (χ0v) is 13.2. The van der Waals surface area contributed by atoms with Crippen LogP contribution in [0.15, 0.2) is 24.3 Å². The number of rotatable bonds is 5. The molecular formula is C17H19N3O2. The Bertz CT molecular complexity index is 721. The predicted molar refractivity (Wildman–Crippen MR) is 85.3 cm³/mol. The minimum atomic E-state index is 0.547. The Hall–Kier alpha value is -2.74. The van der Waals surface area contributed by atoms with Crippen LogP contribution in [-0.2, 0) is 6.54 Å². The van der Waals surface area contributed by atoms with Gasteiger partial charge in [0, 0.05) is 12.2 Å². The lowest BCUT2D eigenvalue weighted by molar-refractivity contribution is 0.354. The lowest BCUT2D eigenvalue weighted by Crippen LogP contribution is -2.06. The number of aromatic nitrogens is 1. The number of hydrogen-bond donors (Lipinski definition) is 1. The van der Waals surface area contributed by atoms with Gasteiger partial charge in [-0.3, -0.25) is 0 Å². The van der Waals surface area contributed by atoms with Crippen molar-refractivity contribution in [3.05, 3.63) is 46.6 Å². The summed E-state index contributed by atoms with van der Waals surface area (Å²) in [5.41, 5.74) is 3.39. The lowest BCUT2D eigenvalue weighted by Gasteiger charge is -2.12. The van der Waals surface area contributed by atoms with E-state index < -0.39 is 0 Å². The highest BCUT2D eigenvalue weighted by Crippen LogP contribution is 2.28. The highest BCUT2D eigenvalue weighted by atomic mass is 16.5. The third-order valence-electron chi connectivity index (χ3n) is 3.36. The average molecular weight is 297 g/mol. The molecule has 0 aliphatic carbocycles. The topological polar surface area (TPSA) is 67.2 Å². The van der Waals surface area contributed by atoms with Crippen LogP contribution in [0.5, 0.6) is 11.5 Å². The fraction of sp³-hybridized carbons (Fsp3) is 0.294. The van der Waals surface area contributed by atoms with Crippen LogP contribution in [0.4, 0.5) is 5.82 Å². The molecule has 1 heterocycles. The predicted octanol–water partition coefficient (Wildman–Crippen LogP) is 3.20. The van der Waals surface area contributed by atoms with Gasteiger partial charge in [-0.2, -0.15) is 5.26 Å². The molecular weight excluding hydrogens is 278 g/mol. The van der Waals surface area contributed by atoms with Crippen molar-refractivity contribution in [3.8, 4) is 17.6 Å². The van der Waals surface area contributed by atoms with Crippen molar-refractivity contribution >= 4 is 5.82 Å². The summed E-state index contributed by atoms with van der Waals surface area (Å²) in [4.78, 5) is 4.41. The molecule has 0 radical (unpaired) electrons. The van der Waals surface area contributed by atoms with Gasteiger partial charge in [0.1, 0.15) is 11.9 Å². The molecule has 0 bridgehead atoms. The molecule has 2 rings (SSSR count). The molecule has 1 N–H and O–H groups in total. The Labute approximate surface area is 130 Å². The average Bonchev–Trinajstić information content (AvgIpc) is 2.52. The molecule has 5 nitrogen and oxygen atoms in total. The molecule has 0 aliphatic heterocycles. The smallest absolute Gasteiger partial charge is 0.161 e. The van der Waals surface area contributed by atoms with E-state index in [9.17, 15) is 5.26 Å². The van der Waals surface area contributed by atoms with E-state index >= 15 is 0 Å². The Morgan fingerprint density at radius 2 is 1.86 bits per heavy atom. The molecule has 0 aliphatic rings. The quantitative estimate of drug-likeness (QED) is 0.918. The zero-order chi connectivity index (χ0) is 16.1. The summed E-state index contributed by atoms with van der Waals surface area (Å²) >= 11 is 0. The number of methoxy groups -OCH3 is 2. The number of anilines is 1. The molecule has 0 amide bonds. The summed E-state index contributed by atoms with van der Waals surface area (Å²) in [5.74, 6) is 1.97. The van der Waals surface area contributed by atoms with Gasteiger partial charge in [0.25, 0.3) is 0 Å². The van der Waals surface area contributed by atoms with Gasteiger partial charge in [-0.25, -0.2) is 4.98 Å². The van der Waals surface area contributed by atoms with Crippen molar-refractivity contribution in [1.29, 1.82) is 5.26 Å². The molecule has 0 saturated carbocycles. The minimum Gasteiger partial charge on any atom is -0.493 e. The van der Waals surface area contributed by atoms with E-state index in [-0.39, 0.29) is 0 Å². The van der Waals surface area contributed by atoms with Gasteiger partial charge in [0.2, 0.25) is 0 Å². The van der Waals surface area contributed by atoms with E-state index in [4.69, 9.17) is 9.47 Å². The van der Waals surface area contributed by atoms with E-state index in [0.29, 0.717) is 29.4 Å². The first kappa shape index (κ1) is 15.6. The third-order valence-corrected chi connectivity index (χ3v) is 3.36. The Morgan fingerprint density at radius 1 is 1.14 bits per heavy atom. The number of aryl methyl sites for hydroxylation is 2. The van der Waals surface area contributed by atoms with Gasteiger partial charge >= 0.3 is 0 Å². The van der Waals surface area contributed by atoms with E-state index in [1.807, 2.05) is 38.1 Å². The number of ether oxygens (including phenoxy) is 2. The molecule has 0 spiro atoms. The molecule has 0 saturated heterocycles. The Morgan fingerprint density at radius 3 is 2.50 bits per heavy atom.